The second-order valence-corrected chi connectivity index (χ2v) is 5.49. The second kappa shape index (κ2) is 9.67. The SMILES string of the molecule is C[C@H](Oc1ccccc1)C(=O)OCC(=O)NNC(=O)c1cccc([N+](=O)[O-])c1. The maximum Gasteiger partial charge on any atom is 0.347 e. The van der Waals surface area contributed by atoms with Crippen LogP contribution in [0, 0.1) is 10.1 Å². The minimum atomic E-state index is -0.936. The van der Waals surface area contributed by atoms with E-state index in [4.69, 9.17) is 9.47 Å². The normalized spacial score (nSPS) is 11.0. The molecular weight excluding hydrogens is 370 g/mol. The van der Waals surface area contributed by atoms with Gasteiger partial charge >= 0.3 is 5.97 Å². The van der Waals surface area contributed by atoms with Crippen molar-refractivity contribution in [2.24, 2.45) is 0 Å². The van der Waals surface area contributed by atoms with Gasteiger partial charge in [-0.3, -0.25) is 30.6 Å². The van der Waals surface area contributed by atoms with Crippen molar-refractivity contribution in [2.75, 3.05) is 6.61 Å². The molecule has 0 fully saturated rings. The van der Waals surface area contributed by atoms with Crippen LogP contribution >= 0.6 is 0 Å². The Morgan fingerprint density at radius 1 is 1.07 bits per heavy atom. The molecule has 0 aliphatic carbocycles. The van der Waals surface area contributed by atoms with Crippen LogP contribution < -0.4 is 15.6 Å². The summed E-state index contributed by atoms with van der Waals surface area (Å²) < 4.78 is 10.2. The lowest BCUT2D eigenvalue weighted by Crippen LogP contribution is -2.44. The number of nitro benzene ring substituents is 1. The van der Waals surface area contributed by atoms with Crippen molar-refractivity contribution < 1.29 is 28.8 Å². The number of nitro groups is 1. The molecule has 0 saturated heterocycles. The molecule has 2 N–H and O–H groups in total. The first kappa shape index (κ1) is 20.4. The smallest absolute Gasteiger partial charge is 0.347 e. The third-order valence-corrected chi connectivity index (χ3v) is 3.37. The summed E-state index contributed by atoms with van der Waals surface area (Å²) in [6.07, 6.45) is -0.936. The molecular formula is C18H17N3O7. The van der Waals surface area contributed by atoms with Crippen molar-refractivity contribution in [3.8, 4) is 5.75 Å². The molecule has 146 valence electrons. The van der Waals surface area contributed by atoms with Gasteiger partial charge in [-0.1, -0.05) is 24.3 Å². The average molecular weight is 387 g/mol. The van der Waals surface area contributed by atoms with E-state index in [0.717, 1.165) is 6.07 Å². The number of amides is 2. The maximum absolute atomic E-state index is 11.9. The molecule has 0 bridgehead atoms. The number of hydrogen-bond donors (Lipinski definition) is 2. The zero-order valence-corrected chi connectivity index (χ0v) is 14.8. The highest BCUT2D eigenvalue weighted by atomic mass is 16.6. The van der Waals surface area contributed by atoms with Gasteiger partial charge in [0.2, 0.25) is 0 Å². The second-order valence-electron chi connectivity index (χ2n) is 5.49. The van der Waals surface area contributed by atoms with E-state index in [1.807, 2.05) is 5.43 Å². The lowest BCUT2D eigenvalue weighted by molar-refractivity contribution is -0.384. The van der Waals surface area contributed by atoms with Crippen LogP contribution in [0.5, 0.6) is 5.75 Å². The quantitative estimate of drug-likeness (QED) is 0.416. The van der Waals surface area contributed by atoms with E-state index in [0.29, 0.717) is 5.75 Å². The summed E-state index contributed by atoms with van der Waals surface area (Å²) in [6.45, 7) is 0.827. The van der Waals surface area contributed by atoms with Gasteiger partial charge in [0, 0.05) is 17.7 Å². The molecule has 10 nitrogen and oxygen atoms in total. The van der Waals surface area contributed by atoms with Gasteiger partial charge in [-0.25, -0.2) is 4.79 Å². The molecule has 0 spiro atoms. The molecule has 2 rings (SSSR count). The number of hydrazine groups is 1. The van der Waals surface area contributed by atoms with E-state index in [9.17, 15) is 24.5 Å². The minimum absolute atomic E-state index is 0.0172. The maximum atomic E-state index is 11.9. The third-order valence-electron chi connectivity index (χ3n) is 3.37. The number of hydrogen-bond acceptors (Lipinski definition) is 7. The standard InChI is InChI=1S/C18H17N3O7/c1-12(28-15-8-3-2-4-9-15)18(24)27-11-16(22)19-20-17(23)13-6-5-7-14(10-13)21(25)26/h2-10,12H,11H2,1H3,(H,19,22)(H,20,23)/t12-/m0/s1. The predicted molar refractivity (Wildman–Crippen MR) is 96.2 cm³/mol. The molecule has 2 amide bonds. The molecule has 28 heavy (non-hydrogen) atoms. The number of non-ortho nitro benzene ring substituents is 1. The van der Waals surface area contributed by atoms with Crippen molar-refractivity contribution >= 4 is 23.5 Å². The van der Waals surface area contributed by atoms with E-state index in [1.165, 1.54) is 25.1 Å². The van der Waals surface area contributed by atoms with Crippen LogP contribution in [-0.2, 0) is 14.3 Å². The summed E-state index contributed by atoms with van der Waals surface area (Å²) in [5.41, 5.74) is 3.84. The van der Waals surface area contributed by atoms with E-state index in [1.54, 1.807) is 30.3 Å². The number of para-hydroxylation sites is 1. The topological polar surface area (TPSA) is 137 Å². The lowest BCUT2D eigenvalue weighted by atomic mass is 10.2. The zero-order valence-electron chi connectivity index (χ0n) is 14.8. The van der Waals surface area contributed by atoms with Crippen LogP contribution in [0.3, 0.4) is 0 Å². The van der Waals surface area contributed by atoms with E-state index < -0.39 is 35.4 Å². The highest BCUT2D eigenvalue weighted by Gasteiger charge is 2.18. The first-order chi connectivity index (χ1) is 13.4. The zero-order chi connectivity index (χ0) is 20.5. The van der Waals surface area contributed by atoms with E-state index in [-0.39, 0.29) is 11.3 Å². The van der Waals surface area contributed by atoms with E-state index in [2.05, 4.69) is 5.43 Å². The van der Waals surface area contributed by atoms with Crippen LogP contribution in [0.1, 0.15) is 17.3 Å². The average Bonchev–Trinajstić information content (AvgIpc) is 2.70. The largest absolute Gasteiger partial charge is 0.479 e. The Balaban J connectivity index is 1.76. The van der Waals surface area contributed by atoms with Gasteiger partial charge in [0.1, 0.15) is 5.75 Å². The van der Waals surface area contributed by atoms with Crippen molar-refractivity contribution in [3.63, 3.8) is 0 Å². The molecule has 0 radical (unpaired) electrons. The highest BCUT2D eigenvalue weighted by Crippen LogP contribution is 2.13. The summed E-state index contributed by atoms with van der Waals surface area (Å²) >= 11 is 0. The Kier molecular flexibility index (Phi) is 7.03. The number of nitrogens with one attached hydrogen (secondary N) is 2. The fourth-order valence-electron chi connectivity index (χ4n) is 2.00. The molecule has 0 saturated carbocycles. The van der Waals surface area contributed by atoms with Gasteiger partial charge in [0.15, 0.2) is 12.7 Å². The van der Waals surface area contributed by atoms with Crippen molar-refractivity contribution in [2.45, 2.75) is 13.0 Å². The van der Waals surface area contributed by atoms with Gasteiger partial charge in [-0.2, -0.15) is 0 Å². The molecule has 10 heteroatoms. The summed E-state index contributed by atoms with van der Waals surface area (Å²) in [6, 6.07) is 13.6. The third kappa shape index (κ3) is 6.09. The Hall–Kier alpha value is -3.95. The van der Waals surface area contributed by atoms with Crippen LogP contribution in [0.15, 0.2) is 54.6 Å². The highest BCUT2D eigenvalue weighted by molar-refractivity contribution is 5.96. The number of benzene rings is 2. The number of rotatable bonds is 7. The van der Waals surface area contributed by atoms with Crippen LogP contribution in [-0.4, -0.2) is 35.4 Å². The summed E-state index contributed by atoms with van der Waals surface area (Å²) in [5, 5.41) is 10.7. The van der Waals surface area contributed by atoms with Crippen molar-refractivity contribution in [3.05, 3.63) is 70.3 Å². The molecule has 2 aromatic carbocycles. The fourth-order valence-corrected chi connectivity index (χ4v) is 2.00. The molecule has 2 aromatic rings. The Morgan fingerprint density at radius 2 is 1.79 bits per heavy atom. The fraction of sp³-hybridized carbons (Fsp3) is 0.167. The van der Waals surface area contributed by atoms with Crippen LogP contribution in [0.2, 0.25) is 0 Å². The molecule has 0 unspecified atom stereocenters. The van der Waals surface area contributed by atoms with E-state index >= 15 is 0 Å². The predicted octanol–water partition coefficient (Wildman–Crippen LogP) is 1.37. The molecule has 0 aliphatic rings. The van der Waals surface area contributed by atoms with Crippen molar-refractivity contribution in [1.82, 2.24) is 10.9 Å². The molecule has 1 atom stereocenters. The minimum Gasteiger partial charge on any atom is -0.479 e. The van der Waals surface area contributed by atoms with Crippen LogP contribution in [0.25, 0.3) is 0 Å². The van der Waals surface area contributed by atoms with Gasteiger partial charge in [-0.15, -0.1) is 0 Å². The van der Waals surface area contributed by atoms with Gasteiger partial charge < -0.3 is 9.47 Å². The first-order valence-corrected chi connectivity index (χ1v) is 8.09. The number of carbonyl (C=O) groups is 3. The number of nitrogens with zero attached hydrogens (tertiary/aromatic N) is 1. The van der Waals surface area contributed by atoms with Gasteiger partial charge in [0.25, 0.3) is 17.5 Å². The Morgan fingerprint density at radius 3 is 2.46 bits per heavy atom. The molecule has 0 aromatic heterocycles. The summed E-state index contributed by atoms with van der Waals surface area (Å²) in [5.74, 6) is -1.84. The lowest BCUT2D eigenvalue weighted by Gasteiger charge is -2.14. The number of esters is 1. The molecule has 0 heterocycles. The van der Waals surface area contributed by atoms with Crippen LogP contribution in [0.4, 0.5) is 5.69 Å². The molecule has 0 aliphatic heterocycles. The summed E-state index contributed by atoms with van der Waals surface area (Å²) in [4.78, 5) is 45.5. The van der Waals surface area contributed by atoms with Gasteiger partial charge in [-0.05, 0) is 25.1 Å². The van der Waals surface area contributed by atoms with Gasteiger partial charge in [0.05, 0.1) is 4.92 Å². The Bertz CT molecular complexity index is 870. The monoisotopic (exact) mass is 387 g/mol. The van der Waals surface area contributed by atoms with Crippen molar-refractivity contribution in [1.29, 1.82) is 0 Å². The number of carbonyl (C=O) groups excluding carboxylic acids is 3. The Labute approximate surface area is 159 Å². The summed E-state index contributed by atoms with van der Waals surface area (Å²) in [7, 11) is 0. The first-order valence-electron chi connectivity index (χ1n) is 8.09. The number of ether oxygens (including phenoxy) is 2.